The van der Waals surface area contributed by atoms with E-state index < -0.39 is 0 Å². The van der Waals surface area contributed by atoms with Crippen LogP contribution in [0.2, 0.25) is 0 Å². The van der Waals surface area contributed by atoms with Gasteiger partial charge in [-0.15, -0.1) is 0 Å². The fourth-order valence-electron chi connectivity index (χ4n) is 2.81. The van der Waals surface area contributed by atoms with Crippen LogP contribution in [0.4, 0.5) is 0 Å². The number of benzene rings is 1. The first-order valence-corrected chi connectivity index (χ1v) is 7.58. The van der Waals surface area contributed by atoms with E-state index in [0.717, 1.165) is 37.2 Å². The van der Waals surface area contributed by atoms with Crippen LogP contribution in [0, 0.1) is 5.92 Å². The minimum absolute atomic E-state index is 0.250. The Morgan fingerprint density at radius 2 is 2.18 bits per heavy atom. The van der Waals surface area contributed by atoms with E-state index >= 15 is 0 Å². The second kappa shape index (κ2) is 6.89. The summed E-state index contributed by atoms with van der Waals surface area (Å²) in [5.74, 6) is 2.37. The predicted molar refractivity (Wildman–Crippen MR) is 81.4 cm³/mol. The van der Waals surface area contributed by atoms with Gasteiger partial charge in [0.1, 0.15) is 5.75 Å². The van der Waals surface area contributed by atoms with Crippen molar-refractivity contribution in [3.05, 3.63) is 30.1 Å². The molecule has 0 saturated carbocycles. The third kappa shape index (κ3) is 3.45. The molecule has 0 aliphatic carbocycles. The topological polar surface area (TPSA) is 71.6 Å². The van der Waals surface area contributed by atoms with Crippen LogP contribution < -0.4 is 4.74 Å². The summed E-state index contributed by atoms with van der Waals surface area (Å²) in [7, 11) is 1.64. The SMILES string of the molecule is COc1ccc(-c2nc(CN3CCCC(CO)C3)no2)cc1. The molecule has 1 aliphatic rings. The maximum absolute atomic E-state index is 9.28. The highest BCUT2D eigenvalue weighted by molar-refractivity contribution is 5.54. The number of hydrogen-bond donors (Lipinski definition) is 1. The first kappa shape index (κ1) is 15.0. The van der Waals surface area contributed by atoms with Gasteiger partial charge in [-0.2, -0.15) is 4.98 Å². The van der Waals surface area contributed by atoms with Crippen molar-refractivity contribution in [3.8, 4) is 17.2 Å². The van der Waals surface area contributed by atoms with Gasteiger partial charge in [0.15, 0.2) is 5.82 Å². The summed E-state index contributed by atoms with van der Waals surface area (Å²) >= 11 is 0. The Kier molecular flexibility index (Phi) is 4.70. The molecule has 6 heteroatoms. The van der Waals surface area contributed by atoms with Crippen molar-refractivity contribution in [2.45, 2.75) is 19.4 Å². The van der Waals surface area contributed by atoms with Crippen LogP contribution in [0.25, 0.3) is 11.5 Å². The van der Waals surface area contributed by atoms with Crippen molar-refractivity contribution in [2.75, 3.05) is 26.8 Å². The lowest BCUT2D eigenvalue weighted by Crippen LogP contribution is -2.36. The smallest absolute Gasteiger partial charge is 0.257 e. The first-order valence-electron chi connectivity index (χ1n) is 7.58. The number of rotatable bonds is 5. The number of aliphatic hydroxyl groups is 1. The zero-order valence-corrected chi connectivity index (χ0v) is 12.7. The fraction of sp³-hybridized carbons (Fsp3) is 0.500. The zero-order valence-electron chi connectivity index (χ0n) is 12.7. The summed E-state index contributed by atoms with van der Waals surface area (Å²) < 4.78 is 10.5. The molecule has 1 unspecified atom stereocenters. The van der Waals surface area contributed by atoms with Crippen LogP contribution in [-0.4, -0.2) is 47.0 Å². The zero-order chi connectivity index (χ0) is 15.4. The Labute approximate surface area is 129 Å². The maximum atomic E-state index is 9.28. The van der Waals surface area contributed by atoms with Gasteiger partial charge in [-0.3, -0.25) is 4.90 Å². The Morgan fingerprint density at radius 3 is 2.91 bits per heavy atom. The van der Waals surface area contributed by atoms with Gasteiger partial charge >= 0.3 is 0 Å². The number of aromatic nitrogens is 2. The number of nitrogens with zero attached hydrogens (tertiary/aromatic N) is 3. The molecule has 1 atom stereocenters. The molecule has 3 rings (SSSR count). The van der Waals surface area contributed by atoms with Crippen LogP contribution in [0.3, 0.4) is 0 Å². The molecule has 2 aromatic rings. The molecule has 2 heterocycles. The van der Waals surface area contributed by atoms with Crippen LogP contribution in [0.1, 0.15) is 18.7 Å². The molecule has 1 N–H and O–H groups in total. The number of methoxy groups -OCH3 is 1. The lowest BCUT2D eigenvalue weighted by atomic mass is 9.99. The molecular weight excluding hydrogens is 282 g/mol. The summed E-state index contributed by atoms with van der Waals surface area (Å²) in [5.41, 5.74) is 0.881. The average molecular weight is 303 g/mol. The van der Waals surface area contributed by atoms with Gasteiger partial charge in [-0.05, 0) is 49.6 Å². The molecule has 0 amide bonds. The molecule has 6 nitrogen and oxygen atoms in total. The van der Waals surface area contributed by atoms with Crippen LogP contribution in [0.15, 0.2) is 28.8 Å². The van der Waals surface area contributed by atoms with Crippen molar-refractivity contribution in [3.63, 3.8) is 0 Å². The third-order valence-electron chi connectivity index (χ3n) is 4.03. The molecule has 0 radical (unpaired) electrons. The lowest BCUT2D eigenvalue weighted by Gasteiger charge is -2.30. The molecule has 1 saturated heterocycles. The van der Waals surface area contributed by atoms with Crippen LogP contribution >= 0.6 is 0 Å². The summed E-state index contributed by atoms with van der Waals surface area (Å²) in [6.45, 7) is 2.82. The molecule has 1 aliphatic heterocycles. The van der Waals surface area contributed by atoms with Crippen molar-refractivity contribution < 1.29 is 14.4 Å². The number of aliphatic hydroxyl groups excluding tert-OH is 1. The second-order valence-electron chi connectivity index (χ2n) is 5.67. The monoisotopic (exact) mass is 303 g/mol. The number of hydrogen-bond acceptors (Lipinski definition) is 6. The summed E-state index contributed by atoms with van der Waals surface area (Å²) in [6, 6.07) is 7.54. The van der Waals surface area contributed by atoms with Crippen molar-refractivity contribution in [1.82, 2.24) is 15.0 Å². The van der Waals surface area contributed by atoms with Crippen molar-refractivity contribution in [2.24, 2.45) is 5.92 Å². The van der Waals surface area contributed by atoms with Crippen molar-refractivity contribution >= 4 is 0 Å². The molecule has 1 aromatic heterocycles. The quantitative estimate of drug-likeness (QED) is 0.910. The highest BCUT2D eigenvalue weighted by Gasteiger charge is 2.21. The van der Waals surface area contributed by atoms with E-state index in [1.54, 1.807) is 7.11 Å². The summed E-state index contributed by atoms with van der Waals surface area (Å²) in [4.78, 5) is 6.73. The molecule has 22 heavy (non-hydrogen) atoms. The minimum atomic E-state index is 0.250. The highest BCUT2D eigenvalue weighted by Crippen LogP contribution is 2.22. The Hall–Kier alpha value is -1.92. The largest absolute Gasteiger partial charge is 0.497 e. The molecule has 1 aromatic carbocycles. The average Bonchev–Trinajstić information content (AvgIpc) is 3.03. The highest BCUT2D eigenvalue weighted by atomic mass is 16.5. The molecule has 0 bridgehead atoms. The van der Waals surface area contributed by atoms with Crippen LogP contribution in [0.5, 0.6) is 5.75 Å². The Balaban J connectivity index is 1.65. The normalized spacial score (nSPS) is 19.3. The van der Waals surface area contributed by atoms with Gasteiger partial charge in [0.05, 0.1) is 13.7 Å². The van der Waals surface area contributed by atoms with E-state index in [-0.39, 0.29) is 6.61 Å². The fourth-order valence-corrected chi connectivity index (χ4v) is 2.81. The Bertz CT molecular complexity index is 597. The summed E-state index contributed by atoms with van der Waals surface area (Å²) in [6.07, 6.45) is 2.20. The van der Waals surface area contributed by atoms with Gasteiger partial charge in [-0.1, -0.05) is 5.16 Å². The van der Waals surface area contributed by atoms with Gasteiger partial charge in [-0.25, -0.2) is 0 Å². The predicted octanol–water partition coefficient (Wildman–Crippen LogP) is 1.95. The standard InChI is InChI=1S/C16H21N3O3/c1-21-14-6-4-13(5-7-14)16-17-15(18-22-16)10-19-8-2-3-12(9-19)11-20/h4-7,12,20H,2-3,8-11H2,1H3. The maximum Gasteiger partial charge on any atom is 0.257 e. The lowest BCUT2D eigenvalue weighted by molar-refractivity contribution is 0.113. The third-order valence-corrected chi connectivity index (χ3v) is 4.03. The van der Waals surface area contributed by atoms with Gasteiger partial charge in [0.2, 0.25) is 0 Å². The molecular formula is C16H21N3O3. The van der Waals surface area contributed by atoms with E-state index in [0.29, 0.717) is 24.2 Å². The van der Waals surface area contributed by atoms with Gasteiger partial charge in [0, 0.05) is 18.7 Å². The number of piperidine rings is 1. The molecule has 0 spiro atoms. The number of likely N-dealkylation sites (tertiary alicyclic amines) is 1. The van der Waals surface area contributed by atoms with Crippen molar-refractivity contribution in [1.29, 1.82) is 0 Å². The number of ether oxygens (including phenoxy) is 1. The van der Waals surface area contributed by atoms with E-state index in [9.17, 15) is 5.11 Å². The van der Waals surface area contributed by atoms with E-state index in [1.807, 2.05) is 24.3 Å². The van der Waals surface area contributed by atoms with Gasteiger partial charge in [0.25, 0.3) is 5.89 Å². The minimum Gasteiger partial charge on any atom is -0.497 e. The first-order chi connectivity index (χ1) is 10.8. The van der Waals surface area contributed by atoms with E-state index in [1.165, 1.54) is 0 Å². The van der Waals surface area contributed by atoms with E-state index in [2.05, 4.69) is 15.0 Å². The molecule has 118 valence electrons. The second-order valence-corrected chi connectivity index (χ2v) is 5.67. The van der Waals surface area contributed by atoms with Crippen LogP contribution in [-0.2, 0) is 6.54 Å². The van der Waals surface area contributed by atoms with E-state index in [4.69, 9.17) is 9.26 Å². The van der Waals surface area contributed by atoms with Gasteiger partial charge < -0.3 is 14.4 Å². The summed E-state index contributed by atoms with van der Waals surface area (Å²) in [5, 5.41) is 13.3. The molecule has 1 fully saturated rings. The Morgan fingerprint density at radius 1 is 1.36 bits per heavy atom.